The van der Waals surface area contributed by atoms with Crippen LogP contribution in [-0.4, -0.2) is 72.7 Å². The molecule has 0 spiro atoms. The van der Waals surface area contributed by atoms with E-state index in [1.807, 2.05) is 18.2 Å². The van der Waals surface area contributed by atoms with Crippen molar-refractivity contribution in [1.82, 2.24) is 9.80 Å². The van der Waals surface area contributed by atoms with Gasteiger partial charge in [-0.15, -0.1) is 0 Å². The van der Waals surface area contributed by atoms with Crippen LogP contribution in [0.15, 0.2) is 30.3 Å². The van der Waals surface area contributed by atoms with Gasteiger partial charge in [0.1, 0.15) is 6.54 Å². The van der Waals surface area contributed by atoms with E-state index in [0.717, 1.165) is 32.1 Å². The Morgan fingerprint density at radius 2 is 1.66 bits per heavy atom. The number of nitrogens with zero attached hydrogens (tertiary/aromatic N) is 2. The van der Waals surface area contributed by atoms with E-state index in [1.165, 1.54) is 4.90 Å². The van der Waals surface area contributed by atoms with Crippen LogP contribution in [0.1, 0.15) is 44.9 Å². The first kappa shape index (κ1) is 22.7. The highest BCUT2D eigenvalue weighted by atomic mass is 16.5. The predicted molar refractivity (Wildman–Crippen MR) is 119 cm³/mol. The van der Waals surface area contributed by atoms with Gasteiger partial charge in [-0.1, -0.05) is 37.5 Å². The summed E-state index contributed by atoms with van der Waals surface area (Å²) in [5.74, 6) is -0.789. The highest BCUT2D eigenvalue weighted by molar-refractivity contribution is 6.02. The zero-order valence-electron chi connectivity index (χ0n) is 18.9. The molecule has 1 saturated heterocycles. The normalized spacial score (nSPS) is 29.1. The number of amides is 4. The fourth-order valence-corrected chi connectivity index (χ4v) is 5.51. The molecule has 1 N–H and O–H groups in total. The Kier molecular flexibility index (Phi) is 7.10. The molecule has 4 rings (SSSR count). The molecular formula is C24H33N3O5. The minimum atomic E-state index is -0.393. The summed E-state index contributed by atoms with van der Waals surface area (Å²) in [6.45, 7) is -0.0977. The lowest BCUT2D eigenvalue weighted by atomic mass is 9.77. The van der Waals surface area contributed by atoms with Crippen LogP contribution in [0.4, 0.5) is 10.5 Å². The number of hydrogen-bond donors (Lipinski definition) is 1. The van der Waals surface area contributed by atoms with E-state index >= 15 is 0 Å². The number of methoxy groups -OCH3 is 2. The summed E-state index contributed by atoms with van der Waals surface area (Å²) >= 11 is 0. The first-order valence-corrected chi connectivity index (χ1v) is 11.6. The van der Waals surface area contributed by atoms with Crippen molar-refractivity contribution in [1.29, 1.82) is 0 Å². The topological polar surface area (TPSA) is 88.2 Å². The second kappa shape index (κ2) is 10.0. The van der Waals surface area contributed by atoms with Crippen molar-refractivity contribution in [3.63, 3.8) is 0 Å². The number of carbonyl (C=O) groups is 3. The fourth-order valence-electron chi connectivity index (χ4n) is 5.51. The van der Waals surface area contributed by atoms with Crippen LogP contribution in [0, 0.1) is 5.92 Å². The van der Waals surface area contributed by atoms with Crippen LogP contribution in [0.2, 0.25) is 0 Å². The van der Waals surface area contributed by atoms with Gasteiger partial charge in [-0.2, -0.15) is 0 Å². The van der Waals surface area contributed by atoms with E-state index in [9.17, 15) is 14.4 Å². The summed E-state index contributed by atoms with van der Waals surface area (Å²) in [5, 5.41) is 2.86. The second-order valence-electron chi connectivity index (χ2n) is 9.02. The number of ether oxygens (including phenoxy) is 2. The number of benzene rings is 1. The number of carbonyl (C=O) groups excluding carboxylic acids is 3. The van der Waals surface area contributed by atoms with Crippen molar-refractivity contribution >= 4 is 23.5 Å². The van der Waals surface area contributed by atoms with Crippen molar-refractivity contribution in [2.24, 2.45) is 5.92 Å². The minimum absolute atomic E-state index is 0.0921. The first-order chi connectivity index (χ1) is 15.5. The Balaban J connectivity index is 1.59. The molecule has 1 aliphatic heterocycles. The van der Waals surface area contributed by atoms with Gasteiger partial charge in [0.15, 0.2) is 0 Å². The van der Waals surface area contributed by atoms with Crippen molar-refractivity contribution < 1.29 is 23.9 Å². The monoisotopic (exact) mass is 443 g/mol. The number of nitrogens with one attached hydrogen (secondary N) is 1. The SMILES string of the molecule is COC1CC2C(=O)N(C3CCCCC3)C(=O)N(CC(=O)Nc3ccccc3)C2CC1OC. The molecule has 1 aromatic rings. The average Bonchev–Trinajstić information content (AvgIpc) is 2.82. The zero-order valence-corrected chi connectivity index (χ0v) is 18.9. The summed E-state index contributed by atoms with van der Waals surface area (Å²) < 4.78 is 11.2. The molecule has 3 fully saturated rings. The minimum Gasteiger partial charge on any atom is -0.379 e. The molecule has 1 heterocycles. The molecule has 4 atom stereocenters. The van der Waals surface area contributed by atoms with E-state index in [-0.39, 0.29) is 48.7 Å². The molecule has 2 saturated carbocycles. The van der Waals surface area contributed by atoms with Crippen molar-refractivity contribution in [3.8, 4) is 0 Å². The van der Waals surface area contributed by atoms with Gasteiger partial charge in [0.25, 0.3) is 0 Å². The van der Waals surface area contributed by atoms with Gasteiger partial charge in [0.05, 0.1) is 18.1 Å². The van der Waals surface area contributed by atoms with Crippen LogP contribution in [-0.2, 0) is 19.1 Å². The standard InChI is InChI=1S/C24H33N3O5/c1-31-20-13-18-19(14-21(20)32-2)26(15-22(28)25-16-9-5-3-6-10-16)24(30)27(23(18)29)17-11-7-4-8-12-17/h3,5-6,9-10,17-21H,4,7-8,11-15H2,1-2H3,(H,25,28). The van der Waals surface area contributed by atoms with Crippen LogP contribution in [0.3, 0.4) is 0 Å². The van der Waals surface area contributed by atoms with Gasteiger partial charge in [-0.05, 0) is 37.8 Å². The van der Waals surface area contributed by atoms with E-state index < -0.39 is 5.92 Å². The number of urea groups is 1. The smallest absolute Gasteiger partial charge is 0.327 e. The van der Waals surface area contributed by atoms with E-state index in [4.69, 9.17) is 9.47 Å². The quantitative estimate of drug-likeness (QED) is 0.730. The predicted octanol–water partition coefficient (Wildman–Crippen LogP) is 3.03. The van der Waals surface area contributed by atoms with Crippen molar-refractivity contribution in [2.75, 3.05) is 26.1 Å². The molecule has 0 radical (unpaired) electrons. The number of rotatable bonds is 6. The van der Waals surface area contributed by atoms with Gasteiger partial charge < -0.3 is 19.7 Å². The third-order valence-corrected chi connectivity index (χ3v) is 7.16. The van der Waals surface area contributed by atoms with Gasteiger partial charge in [0.2, 0.25) is 11.8 Å². The molecule has 2 aliphatic carbocycles. The van der Waals surface area contributed by atoms with Gasteiger partial charge >= 0.3 is 6.03 Å². The highest BCUT2D eigenvalue weighted by Crippen LogP contribution is 2.39. The Morgan fingerprint density at radius 1 is 1.00 bits per heavy atom. The van der Waals surface area contributed by atoms with Gasteiger partial charge in [-0.3, -0.25) is 14.5 Å². The van der Waals surface area contributed by atoms with Crippen LogP contribution in [0.25, 0.3) is 0 Å². The molecule has 1 aromatic carbocycles. The molecule has 4 unspecified atom stereocenters. The number of anilines is 1. The number of para-hydroxylation sites is 1. The van der Waals surface area contributed by atoms with Crippen LogP contribution < -0.4 is 5.32 Å². The van der Waals surface area contributed by atoms with Crippen molar-refractivity contribution in [2.45, 2.75) is 69.2 Å². The summed E-state index contributed by atoms with van der Waals surface area (Å²) in [4.78, 5) is 43.1. The van der Waals surface area contributed by atoms with E-state index in [2.05, 4.69) is 5.32 Å². The maximum atomic E-state index is 13.6. The first-order valence-electron chi connectivity index (χ1n) is 11.6. The maximum Gasteiger partial charge on any atom is 0.327 e. The molecule has 0 bridgehead atoms. The van der Waals surface area contributed by atoms with Gasteiger partial charge in [0, 0.05) is 32.0 Å². The lowest BCUT2D eigenvalue weighted by Gasteiger charge is -2.51. The molecule has 3 aliphatic rings. The van der Waals surface area contributed by atoms with Crippen molar-refractivity contribution in [3.05, 3.63) is 30.3 Å². The Labute approximate surface area is 189 Å². The molecule has 32 heavy (non-hydrogen) atoms. The lowest BCUT2D eigenvalue weighted by molar-refractivity contribution is -0.155. The van der Waals surface area contributed by atoms with Crippen LogP contribution >= 0.6 is 0 Å². The largest absolute Gasteiger partial charge is 0.379 e. The second-order valence-corrected chi connectivity index (χ2v) is 9.02. The molecule has 4 amide bonds. The van der Waals surface area contributed by atoms with E-state index in [0.29, 0.717) is 18.5 Å². The number of imide groups is 1. The Hall–Kier alpha value is -2.45. The third-order valence-electron chi connectivity index (χ3n) is 7.16. The van der Waals surface area contributed by atoms with Crippen LogP contribution in [0.5, 0.6) is 0 Å². The molecule has 0 aromatic heterocycles. The molecule has 8 nitrogen and oxygen atoms in total. The number of fused-ring (bicyclic) bond motifs is 1. The maximum absolute atomic E-state index is 13.6. The van der Waals surface area contributed by atoms with E-state index in [1.54, 1.807) is 31.3 Å². The summed E-state index contributed by atoms with van der Waals surface area (Å²) in [6, 6.07) is 8.35. The summed E-state index contributed by atoms with van der Waals surface area (Å²) in [5.41, 5.74) is 0.677. The fraction of sp³-hybridized carbons (Fsp3) is 0.625. The molecule has 174 valence electrons. The highest BCUT2D eigenvalue weighted by Gasteiger charge is 2.53. The number of hydrogen-bond acceptors (Lipinski definition) is 5. The molecule has 8 heteroatoms. The summed E-state index contributed by atoms with van der Waals surface area (Å²) in [7, 11) is 3.24. The third kappa shape index (κ3) is 4.52. The zero-order chi connectivity index (χ0) is 22.7. The average molecular weight is 444 g/mol. The Morgan fingerprint density at radius 3 is 2.31 bits per heavy atom. The summed E-state index contributed by atoms with van der Waals surface area (Å²) in [6.07, 6.45) is 5.30. The van der Waals surface area contributed by atoms with Gasteiger partial charge in [-0.25, -0.2) is 4.79 Å². The molecular weight excluding hydrogens is 410 g/mol. The Bertz CT molecular complexity index is 826. The lowest BCUT2D eigenvalue weighted by Crippen LogP contribution is -2.68.